The molecule has 1 heterocycles. The lowest BCUT2D eigenvalue weighted by Crippen LogP contribution is -1.99. The maximum Gasteiger partial charge on any atom is 0.0835 e. The summed E-state index contributed by atoms with van der Waals surface area (Å²) < 4.78 is 1.97. The molecule has 0 amide bonds. The Morgan fingerprint density at radius 2 is 2.42 bits per heavy atom. The molecule has 1 fully saturated rings. The van der Waals surface area contributed by atoms with Crippen molar-refractivity contribution >= 4 is 15.9 Å². The van der Waals surface area contributed by atoms with Crippen LogP contribution in [0.25, 0.3) is 0 Å². The van der Waals surface area contributed by atoms with E-state index in [4.69, 9.17) is 0 Å². The monoisotopic (exact) mass is 229 g/mol. The van der Waals surface area contributed by atoms with E-state index in [2.05, 4.69) is 32.4 Å². The zero-order valence-electron chi connectivity index (χ0n) is 6.91. The molecule has 1 aliphatic rings. The van der Waals surface area contributed by atoms with Crippen LogP contribution in [0.1, 0.15) is 18.5 Å². The van der Waals surface area contributed by atoms with Crippen molar-refractivity contribution in [3.05, 3.63) is 11.9 Å². The summed E-state index contributed by atoms with van der Waals surface area (Å²) in [6.07, 6.45) is 5.77. The van der Waals surface area contributed by atoms with Crippen LogP contribution < -0.4 is 0 Å². The van der Waals surface area contributed by atoms with Crippen molar-refractivity contribution in [3.63, 3.8) is 0 Å². The van der Waals surface area contributed by atoms with Gasteiger partial charge in [0, 0.05) is 24.5 Å². The third kappa shape index (κ3) is 2.06. The van der Waals surface area contributed by atoms with E-state index in [0.717, 1.165) is 29.9 Å². The summed E-state index contributed by atoms with van der Waals surface area (Å²) in [4.78, 5) is 0. The highest BCUT2D eigenvalue weighted by molar-refractivity contribution is 9.09. The number of aromatic nitrogens is 3. The Morgan fingerprint density at radius 3 is 3.08 bits per heavy atom. The van der Waals surface area contributed by atoms with Gasteiger partial charge in [-0.3, -0.25) is 4.68 Å². The molecule has 1 aromatic rings. The second kappa shape index (κ2) is 3.56. The molecule has 0 unspecified atom stereocenters. The van der Waals surface area contributed by atoms with Crippen LogP contribution in [0.4, 0.5) is 0 Å². The first kappa shape index (κ1) is 8.23. The van der Waals surface area contributed by atoms with Gasteiger partial charge >= 0.3 is 0 Å². The Balaban J connectivity index is 1.92. The van der Waals surface area contributed by atoms with Gasteiger partial charge in [0.1, 0.15) is 0 Å². The molecule has 0 aromatic carbocycles. The van der Waals surface area contributed by atoms with Crippen molar-refractivity contribution in [2.24, 2.45) is 5.92 Å². The van der Waals surface area contributed by atoms with Gasteiger partial charge in [0.2, 0.25) is 0 Å². The number of nitrogens with zero attached hydrogens (tertiary/aromatic N) is 3. The van der Waals surface area contributed by atoms with Crippen LogP contribution in [-0.2, 0) is 13.0 Å². The molecule has 0 bridgehead atoms. The number of aryl methyl sites for hydroxylation is 1. The molecule has 3 nitrogen and oxygen atoms in total. The third-order valence-corrected chi connectivity index (χ3v) is 2.48. The van der Waals surface area contributed by atoms with Crippen LogP contribution in [0, 0.1) is 5.92 Å². The number of alkyl halides is 1. The molecule has 4 heteroatoms. The predicted octanol–water partition coefficient (Wildman–Crippen LogP) is 1.63. The summed E-state index contributed by atoms with van der Waals surface area (Å²) in [6, 6.07) is 0. The fraction of sp³-hybridized carbons (Fsp3) is 0.750. The molecule has 0 spiro atoms. The standard InChI is InChI=1S/C8H12BrN3/c9-4-3-8-6-12(11-10-8)5-7-1-2-7/h6-7H,1-5H2. The molecule has 0 saturated heterocycles. The summed E-state index contributed by atoms with van der Waals surface area (Å²) >= 11 is 3.38. The van der Waals surface area contributed by atoms with Gasteiger partial charge in [0.05, 0.1) is 5.69 Å². The largest absolute Gasteiger partial charge is 0.252 e. The van der Waals surface area contributed by atoms with E-state index in [1.54, 1.807) is 0 Å². The highest BCUT2D eigenvalue weighted by Crippen LogP contribution is 2.30. The average Bonchev–Trinajstić information content (AvgIpc) is 2.74. The Labute approximate surface area is 80.3 Å². The van der Waals surface area contributed by atoms with E-state index in [0.29, 0.717) is 0 Å². The van der Waals surface area contributed by atoms with Crippen molar-refractivity contribution in [2.45, 2.75) is 25.8 Å². The summed E-state index contributed by atoms with van der Waals surface area (Å²) in [5.74, 6) is 0.878. The Kier molecular flexibility index (Phi) is 2.44. The minimum atomic E-state index is 0.878. The summed E-state index contributed by atoms with van der Waals surface area (Å²) in [6.45, 7) is 1.06. The van der Waals surface area contributed by atoms with E-state index in [1.165, 1.54) is 12.8 Å². The second-order valence-corrected chi connectivity index (χ2v) is 4.11. The molecule has 0 radical (unpaired) electrons. The Hall–Kier alpha value is -0.380. The molecule has 1 saturated carbocycles. The smallest absolute Gasteiger partial charge is 0.0835 e. The van der Waals surface area contributed by atoms with Crippen molar-refractivity contribution in [1.29, 1.82) is 0 Å². The highest BCUT2D eigenvalue weighted by atomic mass is 79.9. The number of halogens is 1. The molecule has 1 aromatic heterocycles. The lowest BCUT2D eigenvalue weighted by molar-refractivity contribution is 0.544. The van der Waals surface area contributed by atoms with E-state index < -0.39 is 0 Å². The van der Waals surface area contributed by atoms with Crippen molar-refractivity contribution in [1.82, 2.24) is 15.0 Å². The van der Waals surface area contributed by atoms with Crippen LogP contribution in [0.5, 0.6) is 0 Å². The topological polar surface area (TPSA) is 30.7 Å². The average molecular weight is 230 g/mol. The first-order chi connectivity index (χ1) is 5.88. The minimum absolute atomic E-state index is 0.878. The normalized spacial score (nSPS) is 16.8. The van der Waals surface area contributed by atoms with E-state index in [9.17, 15) is 0 Å². The van der Waals surface area contributed by atoms with Gasteiger partial charge < -0.3 is 0 Å². The van der Waals surface area contributed by atoms with Gasteiger partial charge in [-0.05, 0) is 18.8 Å². The van der Waals surface area contributed by atoms with E-state index in [1.807, 2.05) is 4.68 Å². The van der Waals surface area contributed by atoms with Gasteiger partial charge in [0.15, 0.2) is 0 Å². The summed E-state index contributed by atoms with van der Waals surface area (Å²) in [5, 5.41) is 9.10. The molecule has 0 N–H and O–H groups in total. The van der Waals surface area contributed by atoms with Gasteiger partial charge in [-0.25, -0.2) is 0 Å². The fourth-order valence-corrected chi connectivity index (χ4v) is 1.61. The summed E-state index contributed by atoms with van der Waals surface area (Å²) in [7, 11) is 0. The van der Waals surface area contributed by atoms with Crippen LogP contribution in [0.2, 0.25) is 0 Å². The van der Waals surface area contributed by atoms with Gasteiger partial charge in [-0.2, -0.15) is 0 Å². The maximum absolute atomic E-state index is 4.07. The van der Waals surface area contributed by atoms with Crippen molar-refractivity contribution in [2.75, 3.05) is 5.33 Å². The number of hydrogen-bond acceptors (Lipinski definition) is 2. The Morgan fingerprint density at radius 1 is 1.58 bits per heavy atom. The summed E-state index contributed by atoms with van der Waals surface area (Å²) in [5.41, 5.74) is 1.09. The van der Waals surface area contributed by atoms with Gasteiger partial charge in [-0.1, -0.05) is 21.1 Å². The molecule has 0 aliphatic heterocycles. The van der Waals surface area contributed by atoms with E-state index >= 15 is 0 Å². The predicted molar refractivity (Wildman–Crippen MR) is 50.2 cm³/mol. The zero-order chi connectivity index (χ0) is 8.39. The first-order valence-corrected chi connectivity index (χ1v) is 5.45. The molecular formula is C8H12BrN3. The van der Waals surface area contributed by atoms with E-state index in [-0.39, 0.29) is 0 Å². The van der Waals surface area contributed by atoms with Crippen LogP contribution in [0.15, 0.2) is 6.20 Å². The Bertz CT molecular complexity index is 255. The van der Waals surface area contributed by atoms with Gasteiger partial charge in [-0.15, -0.1) is 5.10 Å². The van der Waals surface area contributed by atoms with Gasteiger partial charge in [0.25, 0.3) is 0 Å². The van der Waals surface area contributed by atoms with Crippen LogP contribution >= 0.6 is 15.9 Å². The quantitative estimate of drug-likeness (QED) is 0.736. The molecule has 66 valence electrons. The van der Waals surface area contributed by atoms with Crippen molar-refractivity contribution in [3.8, 4) is 0 Å². The lowest BCUT2D eigenvalue weighted by atomic mass is 10.4. The fourth-order valence-electron chi connectivity index (χ4n) is 1.20. The minimum Gasteiger partial charge on any atom is -0.252 e. The van der Waals surface area contributed by atoms with Crippen molar-refractivity contribution < 1.29 is 0 Å². The maximum atomic E-state index is 4.07. The zero-order valence-corrected chi connectivity index (χ0v) is 8.50. The van der Waals surface area contributed by atoms with Crippen LogP contribution in [0.3, 0.4) is 0 Å². The SMILES string of the molecule is BrCCc1cn(CC2CC2)nn1. The molecule has 0 atom stereocenters. The second-order valence-electron chi connectivity index (χ2n) is 3.31. The third-order valence-electron chi connectivity index (χ3n) is 2.08. The molecular weight excluding hydrogens is 218 g/mol. The molecule has 2 rings (SSSR count). The molecule has 1 aliphatic carbocycles. The number of rotatable bonds is 4. The molecule has 12 heavy (non-hydrogen) atoms. The highest BCUT2D eigenvalue weighted by Gasteiger charge is 2.22. The first-order valence-electron chi connectivity index (χ1n) is 4.33. The lowest BCUT2D eigenvalue weighted by Gasteiger charge is -1.94. The number of hydrogen-bond donors (Lipinski definition) is 0. The van der Waals surface area contributed by atoms with Crippen LogP contribution in [-0.4, -0.2) is 20.3 Å².